The van der Waals surface area contributed by atoms with Gasteiger partial charge in [0, 0.05) is 5.39 Å². The lowest BCUT2D eigenvalue weighted by Gasteiger charge is -2.13. The second-order valence-corrected chi connectivity index (χ2v) is 8.02. The van der Waals surface area contributed by atoms with E-state index >= 15 is 0 Å². The Balaban J connectivity index is 1.86. The molecule has 1 atom stereocenters. The number of hydrogen-bond acceptors (Lipinski definition) is 4. The number of para-hydroxylation sites is 1. The lowest BCUT2D eigenvalue weighted by atomic mass is 10.1. The SMILES string of the molecule is CNS(=O)(=O)c1ccc(Cl)c(C(=O)NC(C)c2cc3ccccc3o2)c1. The molecule has 1 aromatic heterocycles. The molecule has 0 saturated carbocycles. The molecule has 0 aliphatic heterocycles. The van der Waals surface area contributed by atoms with E-state index in [9.17, 15) is 13.2 Å². The van der Waals surface area contributed by atoms with Gasteiger partial charge in [-0.25, -0.2) is 13.1 Å². The zero-order valence-corrected chi connectivity index (χ0v) is 15.7. The number of benzene rings is 2. The number of sulfonamides is 1. The summed E-state index contributed by atoms with van der Waals surface area (Å²) in [6.07, 6.45) is 0. The van der Waals surface area contributed by atoms with Crippen LogP contribution in [0.25, 0.3) is 11.0 Å². The second kappa shape index (κ2) is 7.11. The van der Waals surface area contributed by atoms with Crippen LogP contribution in [0, 0.1) is 0 Å². The van der Waals surface area contributed by atoms with Crippen LogP contribution in [0.4, 0.5) is 0 Å². The van der Waals surface area contributed by atoms with Crippen molar-refractivity contribution in [3.05, 3.63) is 64.9 Å². The number of carbonyl (C=O) groups is 1. The summed E-state index contributed by atoms with van der Waals surface area (Å²) in [5.74, 6) is 0.103. The van der Waals surface area contributed by atoms with E-state index in [1.54, 1.807) is 6.92 Å². The van der Waals surface area contributed by atoms with Gasteiger partial charge in [-0.3, -0.25) is 4.79 Å². The van der Waals surface area contributed by atoms with Crippen LogP contribution < -0.4 is 10.0 Å². The highest BCUT2D eigenvalue weighted by molar-refractivity contribution is 7.89. The van der Waals surface area contributed by atoms with Crippen LogP contribution in [-0.2, 0) is 10.0 Å². The zero-order valence-electron chi connectivity index (χ0n) is 14.1. The van der Waals surface area contributed by atoms with Crippen molar-refractivity contribution in [1.82, 2.24) is 10.0 Å². The predicted molar refractivity (Wildman–Crippen MR) is 99.8 cm³/mol. The fourth-order valence-corrected chi connectivity index (χ4v) is 3.48. The van der Waals surface area contributed by atoms with Gasteiger partial charge < -0.3 is 9.73 Å². The molecule has 136 valence electrons. The van der Waals surface area contributed by atoms with Gasteiger partial charge in [0.1, 0.15) is 11.3 Å². The first-order chi connectivity index (χ1) is 12.3. The van der Waals surface area contributed by atoms with Gasteiger partial charge in [0.25, 0.3) is 5.91 Å². The van der Waals surface area contributed by atoms with Gasteiger partial charge in [-0.1, -0.05) is 29.8 Å². The molecule has 1 unspecified atom stereocenters. The Labute approximate surface area is 156 Å². The van der Waals surface area contributed by atoms with E-state index in [0.717, 1.165) is 11.0 Å². The molecule has 1 heterocycles. The fourth-order valence-electron chi connectivity index (χ4n) is 2.52. The minimum atomic E-state index is -3.68. The van der Waals surface area contributed by atoms with E-state index in [-0.39, 0.29) is 15.5 Å². The maximum absolute atomic E-state index is 12.6. The minimum absolute atomic E-state index is 0.0362. The van der Waals surface area contributed by atoms with Gasteiger partial charge in [0.15, 0.2) is 0 Å². The average Bonchev–Trinajstić information content (AvgIpc) is 3.06. The molecule has 0 spiro atoms. The molecule has 0 radical (unpaired) electrons. The van der Waals surface area contributed by atoms with E-state index in [4.69, 9.17) is 16.0 Å². The third-order valence-electron chi connectivity index (χ3n) is 3.98. The minimum Gasteiger partial charge on any atom is -0.459 e. The van der Waals surface area contributed by atoms with Gasteiger partial charge in [-0.05, 0) is 44.3 Å². The molecular weight excluding hydrogens is 376 g/mol. The van der Waals surface area contributed by atoms with E-state index in [0.29, 0.717) is 5.76 Å². The number of furan rings is 1. The van der Waals surface area contributed by atoms with E-state index in [1.807, 2.05) is 30.3 Å². The normalized spacial score (nSPS) is 12.9. The van der Waals surface area contributed by atoms with Crippen molar-refractivity contribution >= 4 is 38.5 Å². The highest BCUT2D eigenvalue weighted by Crippen LogP contribution is 2.25. The van der Waals surface area contributed by atoms with E-state index < -0.39 is 22.0 Å². The number of amides is 1. The summed E-state index contributed by atoms with van der Waals surface area (Å²) in [6.45, 7) is 1.78. The lowest BCUT2D eigenvalue weighted by Crippen LogP contribution is -2.27. The van der Waals surface area contributed by atoms with Crippen molar-refractivity contribution in [1.29, 1.82) is 0 Å². The molecule has 8 heteroatoms. The van der Waals surface area contributed by atoms with Crippen LogP contribution in [0.1, 0.15) is 29.1 Å². The Bertz CT molecular complexity index is 1040. The first-order valence-electron chi connectivity index (χ1n) is 7.84. The summed E-state index contributed by atoms with van der Waals surface area (Å²) >= 11 is 6.08. The third kappa shape index (κ3) is 3.60. The highest BCUT2D eigenvalue weighted by atomic mass is 35.5. The Morgan fingerprint density at radius 3 is 2.58 bits per heavy atom. The van der Waals surface area contributed by atoms with Crippen molar-refractivity contribution in [2.45, 2.75) is 17.9 Å². The fraction of sp³-hybridized carbons (Fsp3) is 0.167. The number of nitrogens with one attached hydrogen (secondary N) is 2. The highest BCUT2D eigenvalue weighted by Gasteiger charge is 2.20. The smallest absolute Gasteiger partial charge is 0.253 e. The number of fused-ring (bicyclic) bond motifs is 1. The molecule has 2 aromatic carbocycles. The maximum atomic E-state index is 12.6. The summed E-state index contributed by atoms with van der Waals surface area (Å²) in [5, 5.41) is 3.87. The molecule has 0 fully saturated rings. The molecule has 6 nitrogen and oxygen atoms in total. The van der Waals surface area contributed by atoms with Crippen molar-refractivity contribution in [3.8, 4) is 0 Å². The Hall–Kier alpha value is -2.35. The third-order valence-corrected chi connectivity index (χ3v) is 5.72. The molecule has 3 aromatic rings. The summed E-state index contributed by atoms with van der Waals surface area (Å²) < 4.78 is 31.8. The molecule has 0 aliphatic carbocycles. The van der Waals surface area contributed by atoms with Gasteiger partial charge in [-0.15, -0.1) is 0 Å². The van der Waals surface area contributed by atoms with Crippen molar-refractivity contribution < 1.29 is 17.6 Å². The van der Waals surface area contributed by atoms with Crippen molar-refractivity contribution in [2.24, 2.45) is 0 Å². The van der Waals surface area contributed by atoms with Gasteiger partial charge >= 0.3 is 0 Å². The summed E-state index contributed by atoms with van der Waals surface area (Å²) in [4.78, 5) is 12.5. The van der Waals surface area contributed by atoms with Crippen LogP contribution in [0.2, 0.25) is 5.02 Å². The molecular formula is C18H17ClN2O4S. The number of carbonyl (C=O) groups excluding carboxylic acids is 1. The molecule has 26 heavy (non-hydrogen) atoms. The monoisotopic (exact) mass is 392 g/mol. The Morgan fingerprint density at radius 2 is 1.88 bits per heavy atom. The molecule has 0 saturated heterocycles. The Morgan fingerprint density at radius 1 is 1.15 bits per heavy atom. The maximum Gasteiger partial charge on any atom is 0.253 e. The standard InChI is InChI=1S/C18H17ClN2O4S/c1-11(17-9-12-5-3-4-6-16(12)25-17)21-18(22)14-10-13(7-8-15(14)19)26(23,24)20-2/h3-11,20H,1-2H3,(H,21,22). The number of hydrogen-bond donors (Lipinski definition) is 2. The van der Waals surface area contributed by atoms with Gasteiger partial charge in [0.2, 0.25) is 10.0 Å². The van der Waals surface area contributed by atoms with Crippen molar-refractivity contribution in [2.75, 3.05) is 7.05 Å². The van der Waals surface area contributed by atoms with E-state index in [2.05, 4.69) is 10.0 Å². The molecule has 0 bridgehead atoms. The predicted octanol–water partition coefficient (Wildman–Crippen LogP) is 3.49. The van der Waals surface area contributed by atoms with E-state index in [1.165, 1.54) is 25.2 Å². The summed E-state index contributed by atoms with van der Waals surface area (Å²) in [7, 11) is -2.38. The summed E-state index contributed by atoms with van der Waals surface area (Å²) in [5.41, 5.74) is 0.801. The second-order valence-electron chi connectivity index (χ2n) is 5.73. The summed E-state index contributed by atoms with van der Waals surface area (Å²) in [6, 6.07) is 12.9. The molecule has 1 amide bonds. The van der Waals surface area contributed by atoms with Crippen LogP contribution in [-0.4, -0.2) is 21.4 Å². The first kappa shape index (κ1) is 18.4. The van der Waals surface area contributed by atoms with Gasteiger partial charge in [0.05, 0.1) is 21.5 Å². The van der Waals surface area contributed by atoms with Crippen LogP contribution in [0.15, 0.2) is 57.8 Å². The largest absolute Gasteiger partial charge is 0.459 e. The lowest BCUT2D eigenvalue weighted by molar-refractivity contribution is 0.0935. The van der Waals surface area contributed by atoms with Crippen LogP contribution >= 0.6 is 11.6 Å². The van der Waals surface area contributed by atoms with Gasteiger partial charge in [-0.2, -0.15) is 0 Å². The topological polar surface area (TPSA) is 88.4 Å². The molecule has 2 N–H and O–H groups in total. The quantitative estimate of drug-likeness (QED) is 0.695. The number of rotatable bonds is 5. The number of halogens is 1. The Kier molecular flexibility index (Phi) is 5.04. The first-order valence-corrected chi connectivity index (χ1v) is 9.70. The zero-order chi connectivity index (χ0) is 18.9. The van der Waals surface area contributed by atoms with Crippen LogP contribution in [0.5, 0.6) is 0 Å². The molecule has 0 aliphatic rings. The van der Waals surface area contributed by atoms with Crippen molar-refractivity contribution in [3.63, 3.8) is 0 Å². The molecule has 3 rings (SSSR count). The average molecular weight is 393 g/mol. The van der Waals surface area contributed by atoms with Crippen LogP contribution in [0.3, 0.4) is 0 Å².